The van der Waals surface area contributed by atoms with Crippen LogP contribution in [0.1, 0.15) is 76.0 Å². The summed E-state index contributed by atoms with van der Waals surface area (Å²) >= 11 is 0.781. The first-order valence-electron chi connectivity index (χ1n) is 15.2. The van der Waals surface area contributed by atoms with Gasteiger partial charge in [-0.2, -0.15) is 13.2 Å². The lowest BCUT2D eigenvalue weighted by atomic mass is 9.83. The Bertz CT molecular complexity index is 1810. The molecular formula is C33H38F3N5O5S. The van der Waals surface area contributed by atoms with Crippen LogP contribution in [0.3, 0.4) is 0 Å². The van der Waals surface area contributed by atoms with Gasteiger partial charge in [-0.1, -0.05) is 40.2 Å². The number of aromatic nitrogens is 3. The summed E-state index contributed by atoms with van der Waals surface area (Å²) in [5.74, 6) is -0.735. The van der Waals surface area contributed by atoms with Crippen molar-refractivity contribution in [3.05, 3.63) is 63.5 Å². The first kappa shape index (κ1) is 35.6. The summed E-state index contributed by atoms with van der Waals surface area (Å²) < 4.78 is 47.8. The van der Waals surface area contributed by atoms with Gasteiger partial charge in [-0.25, -0.2) is 19.6 Å². The Hall–Kier alpha value is -4.30. The maximum Gasteiger partial charge on any atom is 0.434 e. The number of nitrogens with one attached hydrogen (secondary N) is 2. The Morgan fingerprint density at radius 3 is 2.49 bits per heavy atom. The predicted molar refractivity (Wildman–Crippen MR) is 176 cm³/mol. The summed E-state index contributed by atoms with van der Waals surface area (Å²) in [4.78, 5) is 47.4. The number of carbonyl (C=O) groups is 2. The van der Waals surface area contributed by atoms with E-state index in [4.69, 9.17) is 9.84 Å². The van der Waals surface area contributed by atoms with Crippen molar-refractivity contribution in [3.8, 4) is 21.7 Å². The van der Waals surface area contributed by atoms with E-state index < -0.39 is 29.3 Å². The van der Waals surface area contributed by atoms with Gasteiger partial charge in [0.15, 0.2) is 5.69 Å². The number of thiazole rings is 1. The van der Waals surface area contributed by atoms with Crippen molar-refractivity contribution in [2.24, 2.45) is 5.41 Å². The van der Waals surface area contributed by atoms with Gasteiger partial charge < -0.3 is 19.7 Å². The van der Waals surface area contributed by atoms with E-state index in [9.17, 15) is 27.6 Å². The summed E-state index contributed by atoms with van der Waals surface area (Å²) in [6, 6.07) is 5.84. The molecule has 3 N–H and O–H groups in total. The molecule has 1 atom stereocenters. The van der Waals surface area contributed by atoms with Crippen LogP contribution < -0.4 is 16.1 Å². The number of nitrogens with zero attached hydrogens (tertiary/aromatic N) is 3. The van der Waals surface area contributed by atoms with E-state index in [0.29, 0.717) is 23.2 Å². The normalized spacial score (nSPS) is 12.6. The fourth-order valence-corrected chi connectivity index (χ4v) is 6.13. The largest absolute Gasteiger partial charge is 0.462 e. The van der Waals surface area contributed by atoms with Gasteiger partial charge in [0.1, 0.15) is 16.4 Å². The zero-order chi connectivity index (χ0) is 34.5. The van der Waals surface area contributed by atoms with Crippen molar-refractivity contribution in [2.75, 3.05) is 25.1 Å². The third-order valence-electron chi connectivity index (χ3n) is 7.50. The van der Waals surface area contributed by atoms with Crippen LogP contribution in [0.4, 0.5) is 23.8 Å². The topological polar surface area (TPSA) is 135 Å². The number of aliphatic hydroxyl groups excluding tert-OH is 1. The van der Waals surface area contributed by atoms with Crippen LogP contribution in [0.25, 0.3) is 32.6 Å². The number of aliphatic hydroxyl groups is 1. The molecule has 0 bridgehead atoms. The van der Waals surface area contributed by atoms with Crippen LogP contribution in [0, 0.1) is 5.41 Å². The average Bonchev–Trinajstić information content (AvgIpc) is 3.51. The highest BCUT2D eigenvalue weighted by Crippen LogP contribution is 2.40. The monoisotopic (exact) mass is 673 g/mol. The van der Waals surface area contributed by atoms with Crippen molar-refractivity contribution < 1.29 is 32.6 Å². The van der Waals surface area contributed by atoms with Crippen molar-refractivity contribution in [3.63, 3.8) is 0 Å². The number of carbonyl (C=O) groups excluding carboxylic acids is 2. The number of fused-ring (bicyclic) bond motifs is 1. The van der Waals surface area contributed by atoms with E-state index in [0.717, 1.165) is 29.6 Å². The molecule has 0 fully saturated rings. The number of rotatable bonds is 11. The minimum atomic E-state index is -4.66. The highest BCUT2D eigenvalue weighted by atomic mass is 32.1. The number of pyridine rings is 2. The molecule has 0 aliphatic heterocycles. The Labute approximate surface area is 274 Å². The smallest absolute Gasteiger partial charge is 0.434 e. The number of hydrogen-bond donors (Lipinski definition) is 3. The first-order chi connectivity index (χ1) is 22.2. The van der Waals surface area contributed by atoms with E-state index in [2.05, 4.69) is 41.4 Å². The number of esters is 1. The molecule has 4 aromatic rings. The second-order valence-electron chi connectivity index (χ2n) is 12.0. The summed E-state index contributed by atoms with van der Waals surface area (Å²) in [5, 5.41) is 15.4. The molecule has 1 aromatic carbocycles. The molecule has 2 amide bonds. The SMILES string of the molecule is CCCC(n1cc(C(=O)OCCCO)c(=O)c2cc(-c3cnc(NC(=O)NCC)cc3-c3nc(C(F)(F)F)cs3)ccc21)C(C)(C)C. The van der Waals surface area contributed by atoms with Crippen molar-refractivity contribution in [2.45, 2.75) is 66.1 Å². The maximum absolute atomic E-state index is 13.9. The lowest BCUT2D eigenvalue weighted by molar-refractivity contribution is -0.140. The number of benzene rings is 1. The molecule has 47 heavy (non-hydrogen) atoms. The van der Waals surface area contributed by atoms with Gasteiger partial charge in [0.2, 0.25) is 5.43 Å². The third kappa shape index (κ3) is 8.17. The highest BCUT2D eigenvalue weighted by Gasteiger charge is 2.34. The molecule has 0 saturated carbocycles. The van der Waals surface area contributed by atoms with E-state index in [1.165, 1.54) is 18.5 Å². The Morgan fingerprint density at radius 1 is 1.13 bits per heavy atom. The number of ether oxygens (including phenoxy) is 1. The minimum absolute atomic E-state index is 0.0307. The number of urea groups is 1. The number of alkyl halides is 3. The van der Waals surface area contributed by atoms with Gasteiger partial charge in [-0.3, -0.25) is 10.1 Å². The number of halogens is 3. The molecule has 0 aliphatic rings. The average molecular weight is 674 g/mol. The molecule has 252 valence electrons. The van der Waals surface area contributed by atoms with Gasteiger partial charge in [0, 0.05) is 59.9 Å². The summed E-state index contributed by atoms with van der Waals surface area (Å²) in [7, 11) is 0. The van der Waals surface area contributed by atoms with E-state index in [1.807, 2.05) is 11.5 Å². The van der Waals surface area contributed by atoms with E-state index in [1.54, 1.807) is 25.1 Å². The fourth-order valence-electron chi connectivity index (χ4n) is 5.28. The van der Waals surface area contributed by atoms with E-state index in [-0.39, 0.29) is 58.4 Å². The maximum atomic E-state index is 13.9. The molecule has 0 radical (unpaired) electrons. The second kappa shape index (κ2) is 14.6. The van der Waals surface area contributed by atoms with E-state index >= 15 is 0 Å². The van der Waals surface area contributed by atoms with Gasteiger partial charge in [-0.15, -0.1) is 11.3 Å². The molecule has 0 saturated heterocycles. The first-order valence-corrected chi connectivity index (χ1v) is 16.1. The molecule has 10 nitrogen and oxygen atoms in total. The minimum Gasteiger partial charge on any atom is -0.462 e. The number of anilines is 1. The molecule has 1 unspecified atom stereocenters. The molecule has 14 heteroatoms. The van der Waals surface area contributed by atoms with Gasteiger partial charge in [-0.05, 0) is 42.5 Å². The highest BCUT2D eigenvalue weighted by molar-refractivity contribution is 7.13. The Kier molecular flexibility index (Phi) is 11.1. The standard InChI is InChI=1S/C33H38F3N5O5S/c1-6-9-26(32(3,4)5)41-17-23(30(44)46-13-8-12-42)28(43)21-14-19(10-11-24(21)41)22-16-38-27(40-31(45)37-7-2)15-20(22)29-39-25(18-47-29)33(34,35)36/h10-11,14-18,26,42H,6-9,12-13H2,1-5H3,(H2,37,38,40,45). The van der Waals surface area contributed by atoms with Crippen molar-refractivity contribution in [1.82, 2.24) is 19.9 Å². The lowest BCUT2D eigenvalue weighted by Gasteiger charge is -2.34. The Balaban J connectivity index is 1.97. The van der Waals surface area contributed by atoms with Crippen LogP contribution in [-0.4, -0.2) is 51.4 Å². The van der Waals surface area contributed by atoms with Crippen molar-refractivity contribution in [1.29, 1.82) is 0 Å². The quantitative estimate of drug-likeness (QED) is 0.113. The lowest BCUT2D eigenvalue weighted by Crippen LogP contribution is -2.28. The fraction of sp³-hybridized carbons (Fsp3) is 0.424. The summed E-state index contributed by atoms with van der Waals surface area (Å²) in [6.45, 7) is 10.1. The second-order valence-corrected chi connectivity index (χ2v) is 12.9. The molecule has 3 aromatic heterocycles. The molecule has 3 heterocycles. The van der Waals surface area contributed by atoms with Gasteiger partial charge in [0.25, 0.3) is 0 Å². The predicted octanol–water partition coefficient (Wildman–Crippen LogP) is 7.27. The zero-order valence-corrected chi connectivity index (χ0v) is 27.6. The van der Waals surface area contributed by atoms with Crippen molar-refractivity contribution >= 4 is 40.1 Å². The summed E-state index contributed by atoms with van der Waals surface area (Å²) in [5.41, 5.74) is -0.457. The third-order valence-corrected chi connectivity index (χ3v) is 8.38. The number of hydrogen-bond acceptors (Lipinski definition) is 8. The number of amides is 2. The molecule has 0 spiro atoms. The zero-order valence-electron chi connectivity index (χ0n) is 26.8. The molecule has 0 aliphatic carbocycles. The van der Waals surface area contributed by atoms with Crippen LogP contribution in [0.5, 0.6) is 0 Å². The molecule has 4 rings (SSSR count). The van der Waals surface area contributed by atoms with Crippen LogP contribution in [0.15, 0.2) is 46.8 Å². The van der Waals surface area contributed by atoms with Crippen LogP contribution >= 0.6 is 11.3 Å². The summed E-state index contributed by atoms with van der Waals surface area (Å²) in [6.07, 6.45) is 0.0623. The van der Waals surface area contributed by atoms with Crippen LogP contribution in [0.2, 0.25) is 0 Å². The Morgan fingerprint density at radius 2 is 1.87 bits per heavy atom. The van der Waals surface area contributed by atoms with Gasteiger partial charge in [0.05, 0.1) is 12.1 Å². The van der Waals surface area contributed by atoms with Gasteiger partial charge >= 0.3 is 18.2 Å². The molecular weight excluding hydrogens is 635 g/mol. The van der Waals surface area contributed by atoms with Crippen LogP contribution in [-0.2, 0) is 10.9 Å².